The number of nitrogens with two attached hydrogens (primary N) is 1. The molecule has 7 heteroatoms. The van der Waals surface area contributed by atoms with Crippen LogP contribution in [-0.4, -0.2) is 23.1 Å². The summed E-state index contributed by atoms with van der Waals surface area (Å²) in [4.78, 5) is 17.2. The normalized spacial score (nSPS) is 24.3. The summed E-state index contributed by atoms with van der Waals surface area (Å²) in [5.74, 6) is -1.49. The third-order valence-corrected chi connectivity index (χ3v) is 6.17. The van der Waals surface area contributed by atoms with E-state index in [2.05, 4.69) is 10.3 Å². The molecule has 31 heavy (non-hydrogen) atoms. The largest absolute Gasteiger partial charge is 0.384 e. The van der Waals surface area contributed by atoms with E-state index in [1.165, 1.54) is 24.3 Å². The van der Waals surface area contributed by atoms with Crippen LogP contribution >= 0.6 is 0 Å². The van der Waals surface area contributed by atoms with E-state index < -0.39 is 17.6 Å². The number of nitrogen functional groups attached to an aromatic ring is 1. The molecule has 3 N–H and O–H groups in total. The first-order valence-corrected chi connectivity index (χ1v) is 10.2. The number of hydrogen-bond acceptors (Lipinski definition) is 4. The fourth-order valence-electron chi connectivity index (χ4n) is 4.82. The van der Waals surface area contributed by atoms with Crippen LogP contribution in [0.15, 0.2) is 60.8 Å². The SMILES string of the molecule is Nc1cc([C@H]2[C@@H](C(=O)Nc3ccc(-c4ccccc4F)c(F)c3)[C@H]3CC[C@@H]2O3)ccn1. The Kier molecular flexibility index (Phi) is 4.90. The average Bonchev–Trinajstić information content (AvgIpc) is 3.36. The minimum atomic E-state index is -0.606. The van der Waals surface area contributed by atoms with E-state index in [4.69, 9.17) is 10.5 Å². The van der Waals surface area contributed by atoms with E-state index in [9.17, 15) is 13.6 Å². The van der Waals surface area contributed by atoms with Gasteiger partial charge in [0.2, 0.25) is 5.91 Å². The number of ether oxygens (including phenoxy) is 1. The molecule has 4 atom stereocenters. The smallest absolute Gasteiger partial charge is 0.230 e. The lowest BCUT2D eigenvalue weighted by Gasteiger charge is -2.27. The van der Waals surface area contributed by atoms with Crippen LogP contribution < -0.4 is 11.1 Å². The number of aromatic nitrogens is 1. The Morgan fingerprint density at radius 2 is 1.77 bits per heavy atom. The highest BCUT2D eigenvalue weighted by molar-refractivity contribution is 5.94. The molecule has 5 nitrogen and oxygen atoms in total. The monoisotopic (exact) mass is 421 g/mol. The summed E-state index contributed by atoms with van der Waals surface area (Å²) in [6.07, 6.45) is 3.07. The van der Waals surface area contributed by atoms with Crippen LogP contribution in [0, 0.1) is 17.6 Å². The number of carbonyl (C=O) groups excluding carboxylic acids is 1. The molecule has 1 aromatic heterocycles. The first-order valence-electron chi connectivity index (χ1n) is 10.2. The van der Waals surface area contributed by atoms with Gasteiger partial charge < -0.3 is 15.8 Å². The number of carbonyl (C=O) groups is 1. The molecular formula is C24H21F2N3O2. The fraction of sp³-hybridized carbons (Fsp3) is 0.250. The molecule has 2 aromatic carbocycles. The molecule has 2 aliphatic heterocycles. The summed E-state index contributed by atoms with van der Waals surface area (Å²) in [5.41, 5.74) is 7.39. The lowest BCUT2D eigenvalue weighted by molar-refractivity contribution is -0.121. The van der Waals surface area contributed by atoms with Gasteiger partial charge in [-0.15, -0.1) is 0 Å². The van der Waals surface area contributed by atoms with Crippen LogP contribution in [0.2, 0.25) is 0 Å². The Balaban J connectivity index is 1.39. The van der Waals surface area contributed by atoms with Gasteiger partial charge in [0.05, 0.1) is 18.1 Å². The Bertz CT molecular complexity index is 1150. The lowest BCUT2D eigenvalue weighted by atomic mass is 9.75. The zero-order valence-electron chi connectivity index (χ0n) is 16.6. The van der Waals surface area contributed by atoms with Gasteiger partial charge in [0.25, 0.3) is 0 Å². The number of rotatable bonds is 4. The van der Waals surface area contributed by atoms with Crippen molar-refractivity contribution in [3.05, 3.63) is 78.0 Å². The summed E-state index contributed by atoms with van der Waals surface area (Å²) in [7, 11) is 0. The molecule has 3 heterocycles. The molecule has 0 saturated carbocycles. The van der Waals surface area contributed by atoms with Crippen molar-refractivity contribution in [2.75, 3.05) is 11.1 Å². The average molecular weight is 421 g/mol. The van der Waals surface area contributed by atoms with Gasteiger partial charge >= 0.3 is 0 Å². The number of hydrogen-bond donors (Lipinski definition) is 2. The number of nitrogens with one attached hydrogen (secondary N) is 1. The number of fused-ring (bicyclic) bond motifs is 2. The molecule has 158 valence electrons. The molecular weight excluding hydrogens is 400 g/mol. The molecule has 3 aromatic rings. The third kappa shape index (κ3) is 3.55. The van der Waals surface area contributed by atoms with Gasteiger partial charge in [-0.3, -0.25) is 4.79 Å². The summed E-state index contributed by atoms with van der Waals surface area (Å²) in [6, 6.07) is 13.9. The molecule has 2 aliphatic rings. The molecule has 0 unspecified atom stereocenters. The molecule has 1 amide bonds. The Morgan fingerprint density at radius 3 is 2.55 bits per heavy atom. The molecule has 0 radical (unpaired) electrons. The maximum atomic E-state index is 14.7. The zero-order chi connectivity index (χ0) is 21.5. The molecule has 2 bridgehead atoms. The standard InChI is InChI=1S/C24H21F2N3O2/c25-17-4-2-1-3-15(17)16-6-5-14(12-18(16)26)29-24(30)23-20-8-7-19(31-20)22(23)13-9-10-28-21(27)11-13/h1-6,9-12,19-20,22-23H,7-8H2,(H2,27,28)(H,29,30)/t19-,20+,22+,23-/m0/s1. The Labute approximate surface area is 178 Å². The van der Waals surface area contributed by atoms with Crippen LogP contribution in [0.4, 0.5) is 20.3 Å². The van der Waals surface area contributed by atoms with Crippen LogP contribution in [0.5, 0.6) is 0 Å². The van der Waals surface area contributed by atoms with E-state index in [1.807, 2.05) is 6.07 Å². The van der Waals surface area contributed by atoms with E-state index >= 15 is 0 Å². The molecule has 2 fully saturated rings. The van der Waals surface area contributed by atoms with E-state index in [0.29, 0.717) is 11.5 Å². The predicted molar refractivity (Wildman–Crippen MR) is 113 cm³/mol. The second-order valence-electron chi connectivity index (χ2n) is 8.02. The summed E-state index contributed by atoms with van der Waals surface area (Å²) in [6.45, 7) is 0. The van der Waals surface area contributed by atoms with Crippen molar-refractivity contribution in [1.82, 2.24) is 4.98 Å². The second kappa shape index (κ2) is 7.74. The molecule has 2 saturated heterocycles. The van der Waals surface area contributed by atoms with E-state index in [0.717, 1.165) is 18.4 Å². The van der Waals surface area contributed by atoms with Gasteiger partial charge in [0, 0.05) is 28.9 Å². The highest BCUT2D eigenvalue weighted by Gasteiger charge is 2.52. The Hall–Kier alpha value is -3.32. The number of benzene rings is 2. The van der Waals surface area contributed by atoms with E-state index in [1.54, 1.807) is 30.5 Å². The van der Waals surface area contributed by atoms with Crippen LogP contribution in [0.1, 0.15) is 24.3 Å². The predicted octanol–water partition coefficient (Wildman–Crippen LogP) is 4.51. The van der Waals surface area contributed by atoms with Gasteiger partial charge in [0.1, 0.15) is 17.5 Å². The minimum absolute atomic E-state index is 0.0530. The number of halogens is 2. The van der Waals surface area contributed by atoms with Gasteiger partial charge in [-0.25, -0.2) is 13.8 Å². The van der Waals surface area contributed by atoms with Gasteiger partial charge in [-0.1, -0.05) is 18.2 Å². The van der Waals surface area contributed by atoms with Crippen molar-refractivity contribution in [3.63, 3.8) is 0 Å². The van der Waals surface area contributed by atoms with Crippen LogP contribution in [-0.2, 0) is 9.53 Å². The summed E-state index contributed by atoms with van der Waals surface area (Å²) < 4.78 is 34.8. The summed E-state index contributed by atoms with van der Waals surface area (Å²) >= 11 is 0. The Morgan fingerprint density at radius 1 is 1.00 bits per heavy atom. The molecule has 0 aliphatic carbocycles. The lowest BCUT2D eigenvalue weighted by Crippen LogP contribution is -2.36. The van der Waals surface area contributed by atoms with Crippen molar-refractivity contribution >= 4 is 17.4 Å². The molecule has 5 rings (SSSR count). The first kappa shape index (κ1) is 19.6. The van der Waals surface area contributed by atoms with Gasteiger partial charge in [-0.05, 0) is 54.8 Å². The topological polar surface area (TPSA) is 77.2 Å². The van der Waals surface area contributed by atoms with Crippen molar-refractivity contribution in [1.29, 1.82) is 0 Å². The minimum Gasteiger partial charge on any atom is -0.384 e. The quantitative estimate of drug-likeness (QED) is 0.650. The number of anilines is 2. The van der Waals surface area contributed by atoms with Gasteiger partial charge in [0.15, 0.2) is 0 Å². The zero-order valence-corrected chi connectivity index (χ0v) is 16.6. The first-order chi connectivity index (χ1) is 15.0. The number of pyridine rings is 1. The van der Waals surface area contributed by atoms with Crippen molar-refractivity contribution in [2.45, 2.75) is 31.0 Å². The van der Waals surface area contributed by atoms with Crippen molar-refractivity contribution in [2.24, 2.45) is 5.92 Å². The highest BCUT2D eigenvalue weighted by atomic mass is 19.1. The van der Waals surface area contributed by atoms with E-state index in [-0.39, 0.29) is 35.2 Å². The number of nitrogens with zero attached hydrogens (tertiary/aromatic N) is 1. The van der Waals surface area contributed by atoms with Crippen LogP contribution in [0.25, 0.3) is 11.1 Å². The van der Waals surface area contributed by atoms with Gasteiger partial charge in [-0.2, -0.15) is 0 Å². The second-order valence-corrected chi connectivity index (χ2v) is 8.02. The molecule has 0 spiro atoms. The van der Waals surface area contributed by atoms with Crippen molar-refractivity contribution in [3.8, 4) is 11.1 Å². The third-order valence-electron chi connectivity index (χ3n) is 6.17. The highest BCUT2D eigenvalue weighted by Crippen LogP contribution is 2.49. The van der Waals surface area contributed by atoms with Crippen LogP contribution in [0.3, 0.4) is 0 Å². The maximum Gasteiger partial charge on any atom is 0.230 e. The maximum absolute atomic E-state index is 14.7. The van der Waals surface area contributed by atoms with Crippen molar-refractivity contribution < 1.29 is 18.3 Å². The summed E-state index contributed by atoms with van der Waals surface area (Å²) in [5, 5.41) is 2.82. The fourth-order valence-corrected chi connectivity index (χ4v) is 4.82. The number of amides is 1.